The van der Waals surface area contributed by atoms with Crippen LogP contribution in [0.15, 0.2) is 34.9 Å². The molecule has 1 N–H and O–H groups in total. The maximum Gasteiger partial charge on any atom is 0.150 e. The van der Waals surface area contributed by atoms with Gasteiger partial charge in [0.05, 0.1) is 30.4 Å². The molecule has 7 heteroatoms. The summed E-state index contributed by atoms with van der Waals surface area (Å²) in [5, 5.41) is 9.46. The molecule has 3 heterocycles. The zero-order valence-corrected chi connectivity index (χ0v) is 19.6. The van der Waals surface area contributed by atoms with Crippen molar-refractivity contribution in [2.45, 2.75) is 57.3 Å². The summed E-state index contributed by atoms with van der Waals surface area (Å²) in [6.45, 7) is 5.08. The van der Waals surface area contributed by atoms with Crippen LogP contribution in [-0.2, 0) is 11.2 Å². The van der Waals surface area contributed by atoms with Gasteiger partial charge < -0.3 is 14.8 Å². The standard InChI is InChI=1S/C24H27BrFN3O2/c1-24(2)12-16-15(23(28-24)22-18(26)10-14(25)11-20(22)30-3)7-8-19-17(16)13-27-29(19)21-6-4-5-9-31-21/h7-8,10-11,13,21,23,28H,4-6,9,12H2,1-3H3. The molecule has 1 saturated heterocycles. The van der Waals surface area contributed by atoms with E-state index in [1.807, 2.05) is 16.9 Å². The summed E-state index contributed by atoms with van der Waals surface area (Å²) >= 11 is 3.38. The average Bonchev–Trinajstić information content (AvgIpc) is 3.17. The Labute approximate surface area is 190 Å². The number of methoxy groups -OCH3 is 1. The molecule has 2 aliphatic rings. The van der Waals surface area contributed by atoms with Crippen molar-refractivity contribution in [1.82, 2.24) is 15.1 Å². The Kier molecular flexibility index (Phi) is 5.31. The predicted molar refractivity (Wildman–Crippen MR) is 122 cm³/mol. The second kappa shape index (κ2) is 7.87. The van der Waals surface area contributed by atoms with E-state index in [1.165, 1.54) is 11.6 Å². The van der Waals surface area contributed by atoms with E-state index in [1.54, 1.807) is 7.11 Å². The van der Waals surface area contributed by atoms with Gasteiger partial charge in [-0.3, -0.25) is 0 Å². The van der Waals surface area contributed by atoms with Gasteiger partial charge in [0.2, 0.25) is 0 Å². The number of nitrogens with one attached hydrogen (secondary N) is 1. The molecule has 0 spiro atoms. The maximum atomic E-state index is 15.2. The van der Waals surface area contributed by atoms with Crippen molar-refractivity contribution in [3.63, 3.8) is 0 Å². The minimum Gasteiger partial charge on any atom is -0.496 e. The molecule has 0 aliphatic carbocycles. The predicted octanol–water partition coefficient (Wildman–Crippen LogP) is 5.66. The van der Waals surface area contributed by atoms with Crippen molar-refractivity contribution < 1.29 is 13.9 Å². The Hall–Kier alpha value is -1.96. The minimum absolute atomic E-state index is 0.0150. The van der Waals surface area contributed by atoms with Crippen molar-refractivity contribution >= 4 is 26.8 Å². The number of hydrogen-bond donors (Lipinski definition) is 1. The SMILES string of the molecule is COc1cc(Br)cc(F)c1C1NC(C)(C)Cc2c1ccc1c2cnn1C1CCCCO1. The Morgan fingerprint density at radius 2 is 2.13 bits per heavy atom. The molecule has 0 bridgehead atoms. The van der Waals surface area contributed by atoms with Gasteiger partial charge in [-0.15, -0.1) is 0 Å². The summed E-state index contributed by atoms with van der Waals surface area (Å²) in [5.41, 5.74) is 3.65. The molecule has 2 aromatic carbocycles. The van der Waals surface area contributed by atoms with Gasteiger partial charge in [-0.2, -0.15) is 5.10 Å². The molecular formula is C24H27BrFN3O2. The number of nitrogens with zero attached hydrogens (tertiary/aromatic N) is 2. The molecule has 0 radical (unpaired) electrons. The molecule has 1 aromatic heterocycles. The maximum absolute atomic E-state index is 15.2. The lowest BCUT2D eigenvalue weighted by Gasteiger charge is -2.40. The molecule has 2 unspecified atom stereocenters. The lowest BCUT2D eigenvalue weighted by molar-refractivity contribution is -0.0366. The number of benzene rings is 2. The normalized spacial score (nSPS) is 23.0. The summed E-state index contributed by atoms with van der Waals surface area (Å²) in [5.74, 6) is 0.234. The van der Waals surface area contributed by atoms with E-state index in [0.717, 1.165) is 48.8 Å². The van der Waals surface area contributed by atoms with Crippen LogP contribution in [0.2, 0.25) is 0 Å². The second-order valence-electron chi connectivity index (χ2n) is 9.12. The molecule has 1 fully saturated rings. The molecule has 5 nitrogen and oxygen atoms in total. The van der Waals surface area contributed by atoms with Crippen LogP contribution in [0.4, 0.5) is 4.39 Å². The molecule has 3 aromatic rings. The number of aromatic nitrogens is 2. The number of rotatable bonds is 3. The number of ether oxygens (including phenoxy) is 2. The van der Waals surface area contributed by atoms with Gasteiger partial charge in [-0.1, -0.05) is 22.0 Å². The molecule has 164 valence electrons. The smallest absolute Gasteiger partial charge is 0.150 e. The summed E-state index contributed by atoms with van der Waals surface area (Å²) in [6.07, 6.45) is 5.99. The third kappa shape index (κ3) is 3.66. The number of halogens is 2. The highest BCUT2D eigenvalue weighted by molar-refractivity contribution is 9.10. The minimum atomic E-state index is -0.319. The van der Waals surface area contributed by atoms with E-state index in [2.05, 4.69) is 47.2 Å². The van der Waals surface area contributed by atoms with Gasteiger partial charge in [0.15, 0.2) is 6.23 Å². The van der Waals surface area contributed by atoms with Crippen molar-refractivity contribution in [3.05, 3.63) is 57.4 Å². The number of hydrogen-bond acceptors (Lipinski definition) is 4. The third-order valence-electron chi connectivity index (χ3n) is 6.39. The highest BCUT2D eigenvalue weighted by Crippen LogP contribution is 2.43. The molecule has 2 aliphatic heterocycles. The van der Waals surface area contributed by atoms with Crippen molar-refractivity contribution in [1.29, 1.82) is 0 Å². The highest BCUT2D eigenvalue weighted by atomic mass is 79.9. The summed E-state index contributed by atoms with van der Waals surface area (Å²) in [4.78, 5) is 0. The largest absolute Gasteiger partial charge is 0.496 e. The van der Waals surface area contributed by atoms with E-state index >= 15 is 4.39 Å². The Balaban J connectivity index is 1.67. The van der Waals surface area contributed by atoms with Crippen molar-refractivity contribution in [2.24, 2.45) is 0 Å². The van der Waals surface area contributed by atoms with Crippen molar-refractivity contribution in [3.8, 4) is 5.75 Å². The Morgan fingerprint density at radius 3 is 2.87 bits per heavy atom. The third-order valence-corrected chi connectivity index (χ3v) is 6.84. The summed E-state index contributed by atoms with van der Waals surface area (Å²) in [6, 6.07) is 7.19. The van der Waals surface area contributed by atoms with Crippen LogP contribution in [0, 0.1) is 5.82 Å². The fourth-order valence-electron chi connectivity index (χ4n) is 5.01. The Morgan fingerprint density at radius 1 is 1.29 bits per heavy atom. The molecule has 2 atom stereocenters. The lowest BCUT2D eigenvalue weighted by atomic mass is 9.80. The lowest BCUT2D eigenvalue weighted by Crippen LogP contribution is -2.48. The Bertz CT molecular complexity index is 1140. The van der Waals surface area contributed by atoms with E-state index in [9.17, 15) is 0 Å². The van der Waals surface area contributed by atoms with Crippen LogP contribution in [0.25, 0.3) is 10.9 Å². The molecule has 31 heavy (non-hydrogen) atoms. The van der Waals surface area contributed by atoms with Crippen LogP contribution in [0.3, 0.4) is 0 Å². The molecule has 5 rings (SSSR count). The van der Waals surface area contributed by atoms with Gasteiger partial charge in [0, 0.05) is 22.0 Å². The van der Waals surface area contributed by atoms with E-state index in [4.69, 9.17) is 14.6 Å². The first-order chi connectivity index (χ1) is 14.9. The van der Waals surface area contributed by atoms with Crippen LogP contribution >= 0.6 is 15.9 Å². The van der Waals surface area contributed by atoms with Gasteiger partial charge in [0.1, 0.15) is 11.6 Å². The zero-order chi connectivity index (χ0) is 21.8. The van der Waals surface area contributed by atoms with Gasteiger partial charge in [-0.05, 0) is 68.9 Å². The molecular weight excluding hydrogens is 461 g/mol. The van der Waals surface area contributed by atoms with Gasteiger partial charge in [-0.25, -0.2) is 9.07 Å². The summed E-state index contributed by atoms with van der Waals surface area (Å²) < 4.78 is 29.4. The average molecular weight is 488 g/mol. The second-order valence-corrected chi connectivity index (χ2v) is 10.0. The quantitative estimate of drug-likeness (QED) is 0.517. The van der Waals surface area contributed by atoms with Crippen LogP contribution in [0.1, 0.15) is 62.1 Å². The summed E-state index contributed by atoms with van der Waals surface area (Å²) in [7, 11) is 1.58. The molecule has 0 amide bonds. The topological polar surface area (TPSA) is 48.3 Å². The van der Waals surface area contributed by atoms with Crippen molar-refractivity contribution in [2.75, 3.05) is 13.7 Å². The highest BCUT2D eigenvalue weighted by Gasteiger charge is 2.36. The van der Waals surface area contributed by atoms with Crippen LogP contribution in [-0.4, -0.2) is 29.0 Å². The van der Waals surface area contributed by atoms with Gasteiger partial charge >= 0.3 is 0 Å². The van der Waals surface area contributed by atoms with E-state index in [-0.39, 0.29) is 23.6 Å². The van der Waals surface area contributed by atoms with E-state index < -0.39 is 0 Å². The van der Waals surface area contributed by atoms with E-state index in [0.29, 0.717) is 15.8 Å². The van der Waals surface area contributed by atoms with Crippen LogP contribution < -0.4 is 10.1 Å². The zero-order valence-electron chi connectivity index (χ0n) is 18.0. The fourth-order valence-corrected chi connectivity index (χ4v) is 5.42. The molecule has 0 saturated carbocycles. The van der Waals surface area contributed by atoms with Gasteiger partial charge in [0.25, 0.3) is 0 Å². The first-order valence-electron chi connectivity index (χ1n) is 10.8. The monoisotopic (exact) mass is 487 g/mol. The first-order valence-corrected chi connectivity index (χ1v) is 11.6. The van der Waals surface area contributed by atoms with Crippen LogP contribution in [0.5, 0.6) is 5.75 Å². The number of fused-ring (bicyclic) bond motifs is 3. The fraction of sp³-hybridized carbons (Fsp3) is 0.458. The first kappa shape index (κ1) is 20.9.